The SMILES string of the molecule is OC1=C2C=CN=C2CC=C1. The first-order valence-corrected chi connectivity index (χ1v) is 3.21. The van der Waals surface area contributed by atoms with Crippen molar-refractivity contribution in [1.82, 2.24) is 0 Å². The van der Waals surface area contributed by atoms with Gasteiger partial charge in [-0.2, -0.15) is 0 Å². The molecule has 0 aromatic heterocycles. The molecule has 0 unspecified atom stereocenters. The molecule has 2 heteroatoms. The zero-order valence-electron chi connectivity index (χ0n) is 5.41. The molecule has 10 heavy (non-hydrogen) atoms. The van der Waals surface area contributed by atoms with Crippen molar-refractivity contribution in [2.45, 2.75) is 6.42 Å². The second-order valence-electron chi connectivity index (χ2n) is 2.30. The van der Waals surface area contributed by atoms with Crippen molar-refractivity contribution in [1.29, 1.82) is 0 Å². The van der Waals surface area contributed by atoms with Crippen LogP contribution in [0.2, 0.25) is 0 Å². The van der Waals surface area contributed by atoms with E-state index in [2.05, 4.69) is 4.99 Å². The minimum Gasteiger partial charge on any atom is -0.507 e. The third kappa shape index (κ3) is 0.620. The fraction of sp³-hybridized carbons (Fsp3) is 0.125. The molecule has 0 fully saturated rings. The van der Waals surface area contributed by atoms with E-state index in [1.54, 1.807) is 12.3 Å². The van der Waals surface area contributed by atoms with Gasteiger partial charge >= 0.3 is 0 Å². The average molecular weight is 133 g/mol. The molecule has 1 aliphatic heterocycles. The van der Waals surface area contributed by atoms with E-state index in [1.807, 2.05) is 12.2 Å². The first kappa shape index (κ1) is 5.47. The largest absolute Gasteiger partial charge is 0.507 e. The molecule has 0 aromatic rings. The minimum atomic E-state index is 0.332. The van der Waals surface area contributed by atoms with E-state index in [4.69, 9.17) is 0 Å². The van der Waals surface area contributed by atoms with Gasteiger partial charge in [0.2, 0.25) is 0 Å². The fourth-order valence-electron chi connectivity index (χ4n) is 1.14. The monoisotopic (exact) mass is 133 g/mol. The van der Waals surface area contributed by atoms with Crippen LogP contribution in [-0.2, 0) is 0 Å². The summed E-state index contributed by atoms with van der Waals surface area (Å²) in [5, 5.41) is 9.24. The number of fused-ring (bicyclic) bond motifs is 1. The number of allylic oxidation sites excluding steroid dienone is 4. The van der Waals surface area contributed by atoms with Gasteiger partial charge in [-0.25, -0.2) is 0 Å². The maximum absolute atomic E-state index is 9.24. The van der Waals surface area contributed by atoms with Gasteiger partial charge in [0.1, 0.15) is 5.76 Å². The smallest absolute Gasteiger partial charge is 0.124 e. The molecular formula is C8H7NO. The molecule has 0 saturated carbocycles. The van der Waals surface area contributed by atoms with Crippen molar-refractivity contribution in [3.63, 3.8) is 0 Å². The standard InChI is InChI=1S/C8H7NO/c10-8-3-1-2-7-6(8)4-5-9-7/h1,3-5,10H,2H2. The Morgan fingerprint density at radius 1 is 1.40 bits per heavy atom. The van der Waals surface area contributed by atoms with Gasteiger partial charge in [-0.15, -0.1) is 0 Å². The van der Waals surface area contributed by atoms with Gasteiger partial charge in [-0.3, -0.25) is 4.99 Å². The van der Waals surface area contributed by atoms with Crippen molar-refractivity contribution < 1.29 is 5.11 Å². The quantitative estimate of drug-likeness (QED) is 0.536. The van der Waals surface area contributed by atoms with Crippen molar-refractivity contribution >= 4 is 5.71 Å². The highest BCUT2D eigenvalue weighted by molar-refractivity contribution is 6.07. The van der Waals surface area contributed by atoms with Gasteiger partial charge in [0, 0.05) is 18.2 Å². The van der Waals surface area contributed by atoms with Gasteiger partial charge in [0.25, 0.3) is 0 Å². The Bertz CT molecular complexity index is 282. The molecule has 1 aliphatic carbocycles. The lowest BCUT2D eigenvalue weighted by Gasteiger charge is -2.05. The summed E-state index contributed by atoms with van der Waals surface area (Å²) in [6.07, 6.45) is 8.00. The van der Waals surface area contributed by atoms with Crippen LogP contribution >= 0.6 is 0 Å². The molecular weight excluding hydrogens is 126 g/mol. The van der Waals surface area contributed by atoms with Crippen LogP contribution in [0.5, 0.6) is 0 Å². The third-order valence-electron chi connectivity index (χ3n) is 1.65. The molecule has 0 aromatic carbocycles. The van der Waals surface area contributed by atoms with E-state index in [0.717, 1.165) is 17.7 Å². The molecule has 2 nitrogen and oxygen atoms in total. The number of hydrogen-bond acceptors (Lipinski definition) is 2. The number of aliphatic hydroxyl groups excluding tert-OH is 1. The maximum Gasteiger partial charge on any atom is 0.124 e. The van der Waals surface area contributed by atoms with Crippen molar-refractivity contribution in [3.8, 4) is 0 Å². The number of nitrogens with zero attached hydrogens (tertiary/aromatic N) is 1. The summed E-state index contributed by atoms with van der Waals surface area (Å²) in [5.41, 5.74) is 1.85. The van der Waals surface area contributed by atoms with Gasteiger partial charge in [-0.1, -0.05) is 6.08 Å². The summed E-state index contributed by atoms with van der Waals surface area (Å²) in [6, 6.07) is 0. The van der Waals surface area contributed by atoms with E-state index in [-0.39, 0.29) is 0 Å². The van der Waals surface area contributed by atoms with Crippen LogP contribution in [0, 0.1) is 0 Å². The average Bonchev–Trinajstić information content (AvgIpc) is 2.36. The van der Waals surface area contributed by atoms with Crippen molar-refractivity contribution in [2.24, 2.45) is 4.99 Å². The normalized spacial score (nSPS) is 21.4. The van der Waals surface area contributed by atoms with Crippen LogP contribution in [0.1, 0.15) is 6.42 Å². The van der Waals surface area contributed by atoms with Crippen LogP contribution in [0.25, 0.3) is 0 Å². The molecule has 0 saturated heterocycles. The van der Waals surface area contributed by atoms with Crippen LogP contribution in [0.4, 0.5) is 0 Å². The zero-order chi connectivity index (χ0) is 6.97. The predicted octanol–water partition coefficient (Wildman–Crippen LogP) is 1.73. The highest BCUT2D eigenvalue weighted by atomic mass is 16.3. The van der Waals surface area contributed by atoms with E-state index < -0.39 is 0 Å². The Morgan fingerprint density at radius 2 is 2.30 bits per heavy atom. The Morgan fingerprint density at radius 3 is 3.10 bits per heavy atom. The molecule has 2 aliphatic rings. The van der Waals surface area contributed by atoms with Crippen LogP contribution in [0.3, 0.4) is 0 Å². The molecule has 2 rings (SSSR count). The lowest BCUT2D eigenvalue weighted by atomic mass is 10.0. The second kappa shape index (κ2) is 1.84. The molecule has 0 amide bonds. The zero-order valence-corrected chi connectivity index (χ0v) is 5.41. The first-order chi connectivity index (χ1) is 4.88. The summed E-state index contributed by atoms with van der Waals surface area (Å²) in [7, 11) is 0. The van der Waals surface area contributed by atoms with E-state index in [9.17, 15) is 5.11 Å². The van der Waals surface area contributed by atoms with Crippen LogP contribution < -0.4 is 0 Å². The number of hydrogen-bond donors (Lipinski definition) is 1. The summed E-state index contributed by atoms with van der Waals surface area (Å²) >= 11 is 0. The summed E-state index contributed by atoms with van der Waals surface area (Å²) in [4.78, 5) is 4.08. The van der Waals surface area contributed by atoms with Crippen molar-refractivity contribution in [3.05, 3.63) is 35.8 Å². The number of aliphatic hydroxyl groups is 1. The minimum absolute atomic E-state index is 0.332. The van der Waals surface area contributed by atoms with E-state index >= 15 is 0 Å². The molecule has 0 bridgehead atoms. The summed E-state index contributed by atoms with van der Waals surface area (Å²) in [5.74, 6) is 0.332. The fourth-order valence-corrected chi connectivity index (χ4v) is 1.14. The van der Waals surface area contributed by atoms with Crippen LogP contribution in [0.15, 0.2) is 40.8 Å². The first-order valence-electron chi connectivity index (χ1n) is 3.21. The Kier molecular flexibility index (Phi) is 1.01. The molecule has 0 atom stereocenters. The molecule has 0 spiro atoms. The van der Waals surface area contributed by atoms with E-state index in [1.165, 1.54) is 0 Å². The highest BCUT2D eigenvalue weighted by Gasteiger charge is 2.13. The van der Waals surface area contributed by atoms with Gasteiger partial charge in [0.05, 0.1) is 5.71 Å². The Hall–Kier alpha value is -1.31. The molecule has 1 heterocycles. The van der Waals surface area contributed by atoms with Crippen LogP contribution in [-0.4, -0.2) is 10.8 Å². The Labute approximate surface area is 58.9 Å². The number of rotatable bonds is 0. The Balaban J connectivity index is 2.53. The second-order valence-corrected chi connectivity index (χ2v) is 2.30. The molecule has 1 N–H and O–H groups in total. The predicted molar refractivity (Wildman–Crippen MR) is 40.0 cm³/mol. The molecule has 50 valence electrons. The lowest BCUT2D eigenvalue weighted by molar-refractivity contribution is 0.429. The lowest BCUT2D eigenvalue weighted by Crippen LogP contribution is -2.02. The van der Waals surface area contributed by atoms with Gasteiger partial charge in [0.15, 0.2) is 0 Å². The summed E-state index contributed by atoms with van der Waals surface area (Å²) < 4.78 is 0. The molecule has 0 radical (unpaired) electrons. The number of aliphatic imine (C=N–C) groups is 1. The van der Waals surface area contributed by atoms with Crippen molar-refractivity contribution in [2.75, 3.05) is 0 Å². The maximum atomic E-state index is 9.24. The van der Waals surface area contributed by atoms with Gasteiger partial charge in [-0.05, 0) is 12.2 Å². The topological polar surface area (TPSA) is 32.6 Å². The highest BCUT2D eigenvalue weighted by Crippen LogP contribution is 2.20. The summed E-state index contributed by atoms with van der Waals surface area (Å²) in [6.45, 7) is 0. The van der Waals surface area contributed by atoms with E-state index in [0.29, 0.717) is 5.76 Å². The third-order valence-corrected chi connectivity index (χ3v) is 1.65. The van der Waals surface area contributed by atoms with Gasteiger partial charge < -0.3 is 5.11 Å².